The SMILES string of the molecule is CNC(=O)C(CC[C@H](NC(=O)c1ccncc1C(=O)O)C(=O)N[C@H](C(=O)N1CC(=O)C[C@H]1C(=O)N[C@H](C(=O)N[C@H](C(N)=O)C1CCCCC1)C1CCCCC1)C(C)(C)C)OC(C)=O. The molecule has 0 spiro atoms. The van der Waals surface area contributed by atoms with Gasteiger partial charge >= 0.3 is 11.9 Å². The van der Waals surface area contributed by atoms with Gasteiger partial charge in [0.15, 0.2) is 11.9 Å². The van der Waals surface area contributed by atoms with Gasteiger partial charge < -0.3 is 47.1 Å². The second-order valence-electron chi connectivity index (χ2n) is 17.7. The van der Waals surface area contributed by atoms with Gasteiger partial charge in [-0.25, -0.2) is 4.79 Å². The van der Waals surface area contributed by atoms with Crippen LogP contribution >= 0.6 is 0 Å². The number of ether oxygens (including phenoxy) is 1. The molecule has 0 aromatic carbocycles. The van der Waals surface area contributed by atoms with Gasteiger partial charge in [0.25, 0.3) is 11.8 Å². The molecule has 1 aromatic heterocycles. The average Bonchev–Trinajstić information content (AvgIpc) is 3.65. The number of carboxylic acids is 1. The van der Waals surface area contributed by atoms with Crippen LogP contribution in [0.4, 0.5) is 0 Å². The van der Waals surface area contributed by atoms with Gasteiger partial charge in [-0.15, -0.1) is 0 Å². The van der Waals surface area contributed by atoms with Gasteiger partial charge in [-0.3, -0.25) is 48.1 Å². The quantitative estimate of drug-likeness (QED) is 0.0999. The fraction of sp³-hybridized carbons (Fsp3) is 0.651. The molecule has 20 heteroatoms. The van der Waals surface area contributed by atoms with Crippen LogP contribution in [0.2, 0.25) is 0 Å². The maximum atomic E-state index is 14.6. The number of aromatic carboxylic acids is 1. The van der Waals surface area contributed by atoms with Crippen molar-refractivity contribution in [1.29, 1.82) is 0 Å². The third-order valence-corrected chi connectivity index (χ3v) is 12.0. The van der Waals surface area contributed by atoms with E-state index in [2.05, 4.69) is 31.6 Å². The van der Waals surface area contributed by atoms with Crippen LogP contribution in [-0.2, 0) is 43.1 Å². The first-order valence-corrected chi connectivity index (χ1v) is 21.6. The Hall–Kier alpha value is -5.95. The molecule has 20 nitrogen and oxygen atoms in total. The van der Waals surface area contributed by atoms with Crippen LogP contribution in [0.1, 0.15) is 132 Å². The van der Waals surface area contributed by atoms with E-state index in [0.717, 1.165) is 75.5 Å². The van der Waals surface area contributed by atoms with E-state index in [9.17, 15) is 53.1 Å². The normalized spacial score (nSPS) is 19.6. The molecule has 1 aromatic rings. The summed E-state index contributed by atoms with van der Waals surface area (Å²) in [5.74, 6) is -8.65. The monoisotopic (exact) mass is 882 g/mol. The molecular formula is C43H62N8O12. The van der Waals surface area contributed by atoms with Crippen LogP contribution in [-0.4, -0.2) is 124 Å². The highest BCUT2D eigenvalue weighted by molar-refractivity contribution is 6.06. The Bertz CT molecular complexity index is 1910. The van der Waals surface area contributed by atoms with E-state index in [1.807, 2.05) is 0 Å². The molecule has 0 bridgehead atoms. The predicted octanol–water partition coefficient (Wildman–Crippen LogP) is 0.653. The number of likely N-dealkylation sites (N-methyl/N-ethyl adjacent to an activating group) is 1. The summed E-state index contributed by atoms with van der Waals surface area (Å²) in [4.78, 5) is 137. The lowest BCUT2D eigenvalue weighted by molar-refractivity contribution is -0.154. The summed E-state index contributed by atoms with van der Waals surface area (Å²) in [6, 6.07) is -5.26. The highest BCUT2D eigenvalue weighted by atomic mass is 16.5. The van der Waals surface area contributed by atoms with Gasteiger partial charge in [-0.1, -0.05) is 59.3 Å². The van der Waals surface area contributed by atoms with Gasteiger partial charge in [-0.05, 0) is 61.8 Å². The average molecular weight is 883 g/mol. The fourth-order valence-electron chi connectivity index (χ4n) is 8.65. The summed E-state index contributed by atoms with van der Waals surface area (Å²) < 4.78 is 5.14. The number of amides is 7. The van der Waals surface area contributed by atoms with Crippen LogP contribution in [0, 0.1) is 17.3 Å². The molecule has 7 amide bonds. The number of pyridine rings is 1. The van der Waals surface area contributed by atoms with Gasteiger partial charge in [0.05, 0.1) is 17.7 Å². The van der Waals surface area contributed by atoms with Gasteiger partial charge in [0.1, 0.15) is 30.2 Å². The minimum atomic E-state index is -1.56. The van der Waals surface area contributed by atoms with Crippen molar-refractivity contribution in [2.45, 2.75) is 147 Å². The molecule has 3 aliphatic rings. The Morgan fingerprint density at radius 3 is 1.97 bits per heavy atom. The number of rotatable bonds is 18. The predicted molar refractivity (Wildman–Crippen MR) is 224 cm³/mol. The van der Waals surface area contributed by atoms with Gasteiger partial charge in [0.2, 0.25) is 29.5 Å². The van der Waals surface area contributed by atoms with Crippen LogP contribution in [0.25, 0.3) is 0 Å². The summed E-state index contributed by atoms with van der Waals surface area (Å²) in [6.07, 6.45) is 7.76. The molecule has 1 saturated heterocycles. The number of likely N-dealkylation sites (tertiary alicyclic amines) is 1. The van der Waals surface area contributed by atoms with Crippen molar-refractivity contribution in [2.75, 3.05) is 13.6 Å². The lowest BCUT2D eigenvalue weighted by Crippen LogP contribution is -2.62. The Balaban J connectivity index is 1.61. The van der Waals surface area contributed by atoms with E-state index in [4.69, 9.17) is 10.5 Å². The number of ketones is 1. The van der Waals surface area contributed by atoms with Crippen molar-refractivity contribution in [2.24, 2.45) is 23.0 Å². The largest absolute Gasteiger partial charge is 0.478 e. The lowest BCUT2D eigenvalue weighted by Gasteiger charge is -2.37. The molecule has 6 atom stereocenters. The Morgan fingerprint density at radius 2 is 1.43 bits per heavy atom. The number of primary amides is 1. The number of hydrogen-bond donors (Lipinski definition) is 7. The number of Topliss-reactive ketones (excluding diaryl/α,β-unsaturated/α-hetero) is 1. The van der Waals surface area contributed by atoms with Crippen molar-refractivity contribution < 1.29 is 57.8 Å². The summed E-state index contributed by atoms with van der Waals surface area (Å²) >= 11 is 0. The van der Waals surface area contributed by atoms with Crippen molar-refractivity contribution in [3.63, 3.8) is 0 Å². The highest BCUT2D eigenvalue weighted by Gasteiger charge is 2.47. The highest BCUT2D eigenvalue weighted by Crippen LogP contribution is 2.30. The van der Waals surface area contributed by atoms with Crippen molar-refractivity contribution >= 4 is 59.1 Å². The lowest BCUT2D eigenvalue weighted by atomic mass is 9.81. The zero-order valence-corrected chi connectivity index (χ0v) is 36.7. The van der Waals surface area contributed by atoms with Crippen molar-refractivity contribution in [1.82, 2.24) is 36.5 Å². The van der Waals surface area contributed by atoms with Crippen LogP contribution in [0.15, 0.2) is 18.5 Å². The number of hydrogen-bond acceptors (Lipinski definition) is 12. The molecule has 1 aliphatic heterocycles. The third kappa shape index (κ3) is 13.5. The van der Waals surface area contributed by atoms with Crippen LogP contribution < -0.4 is 32.3 Å². The second kappa shape index (κ2) is 22.4. The zero-order chi connectivity index (χ0) is 46.6. The number of nitrogens with one attached hydrogen (secondary N) is 5. The van der Waals surface area contributed by atoms with Crippen molar-refractivity contribution in [3.8, 4) is 0 Å². The maximum absolute atomic E-state index is 14.6. The van der Waals surface area contributed by atoms with Gasteiger partial charge in [-0.2, -0.15) is 0 Å². The van der Waals surface area contributed by atoms with E-state index in [-0.39, 0.29) is 36.7 Å². The summed E-state index contributed by atoms with van der Waals surface area (Å²) in [5.41, 5.74) is 3.88. The number of aromatic nitrogens is 1. The second-order valence-corrected chi connectivity index (χ2v) is 17.7. The van der Waals surface area contributed by atoms with E-state index in [1.165, 1.54) is 13.2 Å². The number of carbonyl (C=O) groups excluding carboxylic acids is 9. The van der Waals surface area contributed by atoms with E-state index in [1.54, 1.807) is 20.8 Å². The minimum absolute atomic E-state index is 0.148. The summed E-state index contributed by atoms with van der Waals surface area (Å²) in [7, 11) is 1.31. The molecule has 2 aliphatic carbocycles. The fourth-order valence-corrected chi connectivity index (χ4v) is 8.65. The standard InChI is InChI=1S/C43H62N8O12/c1-23(52)63-31(39(58)45-5)17-16-29(47-36(55)27-18-19-46-21-28(27)42(61)62)37(56)50-34(43(2,3)4)41(60)51-22-26(53)20-30(51)38(57)49-33(25-14-10-7-11-15-25)40(59)48-32(35(44)54)24-12-8-6-9-13-24/h18-19,21,24-25,29-34H,6-17,20,22H2,1-5H3,(H2,44,54)(H,45,58)(H,47,55)(H,48,59)(H,49,57)(H,50,56)(H,61,62)/t29-,30-,31?,32-,33-,34+/m0/s1. The molecule has 2 saturated carbocycles. The smallest absolute Gasteiger partial charge is 0.338 e. The van der Waals surface area contributed by atoms with E-state index < -0.39 is 113 Å². The van der Waals surface area contributed by atoms with E-state index in [0.29, 0.717) is 12.8 Å². The number of nitrogens with zero attached hydrogens (tertiary/aromatic N) is 2. The molecule has 3 fully saturated rings. The van der Waals surface area contributed by atoms with Gasteiger partial charge in [0, 0.05) is 32.8 Å². The minimum Gasteiger partial charge on any atom is -0.478 e. The molecule has 0 radical (unpaired) electrons. The first-order valence-electron chi connectivity index (χ1n) is 21.6. The number of carboxylic acid groups (broad SMARTS) is 1. The topological polar surface area (TPSA) is 302 Å². The third-order valence-electron chi connectivity index (χ3n) is 12.0. The van der Waals surface area contributed by atoms with Crippen LogP contribution in [0.3, 0.4) is 0 Å². The Kier molecular flexibility index (Phi) is 17.7. The first-order chi connectivity index (χ1) is 29.7. The Labute approximate surface area is 366 Å². The summed E-state index contributed by atoms with van der Waals surface area (Å²) in [5, 5.41) is 22.8. The molecule has 63 heavy (non-hydrogen) atoms. The van der Waals surface area contributed by atoms with E-state index >= 15 is 0 Å². The maximum Gasteiger partial charge on any atom is 0.338 e. The number of nitrogens with two attached hydrogens (primary N) is 1. The molecule has 8 N–H and O–H groups in total. The molecule has 4 rings (SSSR count). The Morgan fingerprint density at radius 1 is 0.825 bits per heavy atom. The molecule has 2 heterocycles. The summed E-state index contributed by atoms with van der Waals surface area (Å²) in [6.45, 7) is 5.47. The molecule has 1 unspecified atom stereocenters. The van der Waals surface area contributed by atoms with Crippen LogP contribution in [0.5, 0.6) is 0 Å². The number of carbonyl (C=O) groups is 10. The first kappa shape index (κ1) is 49.7. The zero-order valence-electron chi connectivity index (χ0n) is 36.7. The van der Waals surface area contributed by atoms with Crippen molar-refractivity contribution in [3.05, 3.63) is 29.6 Å². The molecule has 346 valence electrons. The molecular weight excluding hydrogens is 821 g/mol. The number of esters is 1.